The summed E-state index contributed by atoms with van der Waals surface area (Å²) in [6.45, 7) is 3.81. The smallest absolute Gasteiger partial charge is 0.216 e. The first-order valence-electron chi connectivity index (χ1n) is 4.63. The van der Waals surface area contributed by atoms with Crippen LogP contribution in [0.2, 0.25) is 0 Å². The molecule has 1 aliphatic carbocycles. The summed E-state index contributed by atoms with van der Waals surface area (Å²) in [4.78, 5) is 10.6. The summed E-state index contributed by atoms with van der Waals surface area (Å²) in [5.74, 6) is 0.0175. The maximum absolute atomic E-state index is 10.6. The molecule has 1 saturated carbocycles. The molecule has 0 aromatic carbocycles. The van der Waals surface area contributed by atoms with E-state index in [-0.39, 0.29) is 17.7 Å². The van der Waals surface area contributed by atoms with Crippen LogP contribution in [0.25, 0.3) is 0 Å². The van der Waals surface area contributed by atoms with Crippen molar-refractivity contribution in [2.24, 2.45) is 11.8 Å². The summed E-state index contributed by atoms with van der Waals surface area (Å²) in [6.07, 6.45) is -0.566. The van der Waals surface area contributed by atoms with E-state index in [0.717, 1.165) is 6.42 Å². The summed E-state index contributed by atoms with van der Waals surface area (Å²) >= 11 is 0. The van der Waals surface area contributed by atoms with Crippen LogP contribution in [0.5, 0.6) is 0 Å². The molecule has 1 fully saturated rings. The summed E-state index contributed by atoms with van der Waals surface area (Å²) in [5.41, 5.74) is 0. The maximum Gasteiger partial charge on any atom is 0.216 e. The third kappa shape index (κ3) is 2.42. The van der Waals surface area contributed by atoms with Gasteiger partial charge in [-0.25, -0.2) is 0 Å². The van der Waals surface area contributed by atoms with Crippen molar-refractivity contribution in [3.8, 4) is 0 Å². The normalized spacial score (nSPS) is 39.1. The summed E-state index contributed by atoms with van der Waals surface area (Å²) < 4.78 is 0. The van der Waals surface area contributed by atoms with Gasteiger partial charge in [0.1, 0.15) is 0 Å². The first kappa shape index (κ1) is 10.5. The van der Waals surface area contributed by atoms with Gasteiger partial charge in [0.25, 0.3) is 0 Å². The lowest BCUT2D eigenvalue weighted by molar-refractivity contribution is -0.119. The second-order valence-electron chi connectivity index (χ2n) is 3.89. The molecule has 3 N–H and O–H groups in total. The first-order valence-corrected chi connectivity index (χ1v) is 4.63. The van der Waals surface area contributed by atoms with Gasteiger partial charge in [0.2, 0.25) is 5.91 Å². The van der Waals surface area contributed by atoms with Crippen LogP contribution in [0.15, 0.2) is 0 Å². The minimum Gasteiger partial charge on any atom is -0.390 e. The Morgan fingerprint density at radius 3 is 2.46 bits per heavy atom. The summed E-state index contributed by atoms with van der Waals surface area (Å²) in [5, 5.41) is 21.6. The molecule has 1 aliphatic rings. The number of hydrogen-bond donors (Lipinski definition) is 3. The molecule has 1 amide bonds. The Labute approximate surface area is 78.0 Å². The van der Waals surface area contributed by atoms with Gasteiger partial charge >= 0.3 is 0 Å². The van der Waals surface area contributed by atoms with E-state index < -0.39 is 12.2 Å². The number of hydrogen-bond acceptors (Lipinski definition) is 3. The van der Waals surface area contributed by atoms with Gasteiger partial charge in [0.15, 0.2) is 0 Å². The summed E-state index contributed by atoms with van der Waals surface area (Å²) in [7, 11) is 0. The Balaban J connectivity index is 2.40. The number of carbonyl (C=O) groups is 1. The Hall–Kier alpha value is -0.610. The predicted octanol–water partition coefficient (Wildman–Crippen LogP) is -0.500. The maximum atomic E-state index is 10.6. The standard InChI is InChI=1S/C9H17NO3/c1-5-3-7(4-10-6(2)11)9(13)8(5)12/h5,7-9,12-13H,3-4H2,1-2H3,(H,10,11)/t5-,7+,8+,9+/m0/s1. The van der Waals surface area contributed by atoms with Gasteiger partial charge in [-0.3, -0.25) is 4.79 Å². The fourth-order valence-electron chi connectivity index (χ4n) is 1.85. The number of aliphatic hydroxyl groups excluding tert-OH is 2. The SMILES string of the molecule is CC(=O)NC[C@H]1C[C@H](C)[C@@H](O)[C@@H]1O. The molecule has 0 spiro atoms. The van der Waals surface area contributed by atoms with Crippen molar-refractivity contribution in [2.75, 3.05) is 6.54 Å². The second kappa shape index (κ2) is 4.07. The minimum absolute atomic E-state index is 0.00565. The monoisotopic (exact) mass is 187 g/mol. The molecule has 0 aliphatic heterocycles. The fraction of sp³-hybridized carbons (Fsp3) is 0.889. The lowest BCUT2D eigenvalue weighted by Crippen LogP contribution is -2.34. The molecule has 0 unspecified atom stereocenters. The molecule has 0 aromatic heterocycles. The van der Waals surface area contributed by atoms with Gasteiger partial charge in [0, 0.05) is 19.4 Å². The molecule has 4 heteroatoms. The van der Waals surface area contributed by atoms with E-state index in [9.17, 15) is 15.0 Å². The van der Waals surface area contributed by atoms with Crippen molar-refractivity contribution >= 4 is 5.91 Å². The Bertz CT molecular complexity index is 195. The molecule has 13 heavy (non-hydrogen) atoms. The molecule has 0 bridgehead atoms. The van der Waals surface area contributed by atoms with Crippen LogP contribution >= 0.6 is 0 Å². The van der Waals surface area contributed by atoms with Crippen molar-refractivity contribution in [1.82, 2.24) is 5.32 Å². The van der Waals surface area contributed by atoms with E-state index in [1.54, 1.807) is 0 Å². The Kier molecular flexibility index (Phi) is 3.27. The molecule has 4 atom stereocenters. The van der Waals surface area contributed by atoms with Gasteiger partial charge in [-0.15, -0.1) is 0 Å². The third-order valence-corrected chi connectivity index (χ3v) is 2.70. The molecule has 0 saturated heterocycles. The van der Waals surface area contributed by atoms with Crippen LogP contribution in [0.1, 0.15) is 20.3 Å². The molecule has 0 aromatic rings. The van der Waals surface area contributed by atoms with Crippen molar-refractivity contribution in [3.05, 3.63) is 0 Å². The molecular weight excluding hydrogens is 170 g/mol. The van der Waals surface area contributed by atoms with Gasteiger partial charge in [-0.1, -0.05) is 6.92 Å². The topological polar surface area (TPSA) is 69.6 Å². The third-order valence-electron chi connectivity index (χ3n) is 2.70. The number of carbonyl (C=O) groups excluding carboxylic acids is 1. The average Bonchev–Trinajstić information content (AvgIpc) is 2.29. The Morgan fingerprint density at radius 2 is 2.08 bits per heavy atom. The lowest BCUT2D eigenvalue weighted by atomic mass is 10.1. The van der Waals surface area contributed by atoms with E-state index >= 15 is 0 Å². The van der Waals surface area contributed by atoms with Gasteiger partial charge < -0.3 is 15.5 Å². The molecule has 0 heterocycles. The van der Waals surface area contributed by atoms with E-state index in [1.807, 2.05) is 6.92 Å². The highest BCUT2D eigenvalue weighted by Gasteiger charge is 2.38. The summed E-state index contributed by atoms with van der Waals surface area (Å²) in [6, 6.07) is 0. The fourth-order valence-corrected chi connectivity index (χ4v) is 1.85. The number of amides is 1. The molecule has 76 valence electrons. The molecular formula is C9H17NO3. The van der Waals surface area contributed by atoms with Crippen LogP contribution in [0, 0.1) is 11.8 Å². The van der Waals surface area contributed by atoms with Crippen LogP contribution < -0.4 is 5.32 Å². The van der Waals surface area contributed by atoms with Crippen LogP contribution in [0.3, 0.4) is 0 Å². The lowest BCUT2D eigenvalue weighted by Gasteiger charge is -2.16. The number of rotatable bonds is 2. The molecule has 1 rings (SSSR count). The highest BCUT2D eigenvalue weighted by molar-refractivity contribution is 5.72. The van der Waals surface area contributed by atoms with Crippen molar-refractivity contribution in [2.45, 2.75) is 32.5 Å². The predicted molar refractivity (Wildman–Crippen MR) is 48.0 cm³/mol. The van der Waals surface area contributed by atoms with E-state index in [4.69, 9.17) is 0 Å². The van der Waals surface area contributed by atoms with Crippen molar-refractivity contribution in [1.29, 1.82) is 0 Å². The first-order chi connectivity index (χ1) is 6.02. The minimum atomic E-state index is -0.693. The van der Waals surface area contributed by atoms with Gasteiger partial charge in [-0.2, -0.15) is 0 Å². The zero-order valence-electron chi connectivity index (χ0n) is 8.03. The van der Waals surface area contributed by atoms with E-state index in [1.165, 1.54) is 6.92 Å². The highest BCUT2D eigenvalue weighted by atomic mass is 16.3. The zero-order chi connectivity index (χ0) is 10.0. The van der Waals surface area contributed by atoms with Crippen molar-refractivity contribution in [3.63, 3.8) is 0 Å². The van der Waals surface area contributed by atoms with Crippen molar-refractivity contribution < 1.29 is 15.0 Å². The quantitative estimate of drug-likeness (QED) is 0.546. The zero-order valence-corrected chi connectivity index (χ0v) is 8.03. The largest absolute Gasteiger partial charge is 0.390 e. The van der Waals surface area contributed by atoms with Crippen LogP contribution in [0.4, 0.5) is 0 Å². The van der Waals surface area contributed by atoms with Crippen LogP contribution in [-0.4, -0.2) is 34.9 Å². The molecule has 0 radical (unpaired) electrons. The van der Waals surface area contributed by atoms with Gasteiger partial charge in [0.05, 0.1) is 12.2 Å². The molecule has 4 nitrogen and oxygen atoms in total. The number of nitrogens with one attached hydrogen (secondary N) is 1. The Morgan fingerprint density at radius 1 is 1.46 bits per heavy atom. The highest BCUT2D eigenvalue weighted by Crippen LogP contribution is 2.30. The van der Waals surface area contributed by atoms with E-state index in [2.05, 4.69) is 5.32 Å². The number of aliphatic hydroxyl groups is 2. The van der Waals surface area contributed by atoms with E-state index in [0.29, 0.717) is 6.54 Å². The van der Waals surface area contributed by atoms with Crippen LogP contribution in [-0.2, 0) is 4.79 Å². The average molecular weight is 187 g/mol. The second-order valence-corrected chi connectivity index (χ2v) is 3.89. The van der Waals surface area contributed by atoms with Gasteiger partial charge in [-0.05, 0) is 12.3 Å².